The number of aryl methyl sites for hydroxylation is 4. The van der Waals surface area contributed by atoms with Crippen LogP contribution >= 0.6 is 0 Å². The van der Waals surface area contributed by atoms with Crippen LogP contribution in [-0.2, 0) is 0 Å². The van der Waals surface area contributed by atoms with Gasteiger partial charge in [0.15, 0.2) is 0 Å². The van der Waals surface area contributed by atoms with E-state index in [-0.39, 0.29) is 0 Å². The molecule has 0 radical (unpaired) electrons. The number of hydrogen-bond donors (Lipinski definition) is 0. The van der Waals surface area contributed by atoms with Gasteiger partial charge in [0.2, 0.25) is 0 Å². The Labute approximate surface area is 487 Å². The van der Waals surface area contributed by atoms with Crippen molar-refractivity contribution in [3.8, 4) is 44.5 Å². The highest BCUT2D eigenvalue weighted by atomic mass is 16.3. The minimum absolute atomic E-state index is 0.893. The van der Waals surface area contributed by atoms with Gasteiger partial charge in [-0.2, -0.15) is 0 Å². The number of hydrogen-bond acceptors (Lipinski definition) is 4. The molecule has 0 saturated heterocycles. The van der Waals surface area contributed by atoms with Crippen LogP contribution in [0.2, 0.25) is 0 Å². The molecule has 4 nitrogen and oxygen atoms in total. The molecule has 4 heteroatoms. The average Bonchev–Trinajstić information content (AvgIpc) is 1.09. The van der Waals surface area contributed by atoms with E-state index in [1.165, 1.54) is 65.7 Å². The van der Waals surface area contributed by atoms with E-state index in [1.807, 2.05) is 12.1 Å². The van der Waals surface area contributed by atoms with E-state index >= 15 is 0 Å². The maximum Gasteiger partial charge on any atom is 0.143 e. The van der Waals surface area contributed by atoms with Crippen LogP contribution in [0.3, 0.4) is 0 Å². The first-order valence-electron chi connectivity index (χ1n) is 29.0. The molecule has 0 aliphatic carbocycles. The van der Waals surface area contributed by atoms with E-state index in [0.717, 1.165) is 111 Å². The van der Waals surface area contributed by atoms with E-state index in [1.54, 1.807) is 0 Å². The zero-order valence-corrected chi connectivity index (χ0v) is 47.1. The van der Waals surface area contributed by atoms with Gasteiger partial charge in [-0.15, -0.1) is 0 Å². The highest BCUT2D eigenvalue weighted by Gasteiger charge is 2.28. The van der Waals surface area contributed by atoms with Gasteiger partial charge in [-0.1, -0.05) is 218 Å². The lowest BCUT2D eigenvalue weighted by molar-refractivity contribution is 0.669. The average molecular weight is 1080 g/mol. The summed E-state index contributed by atoms with van der Waals surface area (Å²) in [4.78, 5) is 5.04. The van der Waals surface area contributed by atoms with Crippen molar-refractivity contribution in [2.75, 3.05) is 9.80 Å². The van der Waals surface area contributed by atoms with Crippen molar-refractivity contribution < 1.29 is 8.83 Å². The van der Waals surface area contributed by atoms with E-state index in [9.17, 15) is 0 Å². The fourth-order valence-electron chi connectivity index (χ4n) is 13.7. The lowest BCUT2D eigenvalue weighted by Gasteiger charge is -2.33. The van der Waals surface area contributed by atoms with Crippen LogP contribution in [-0.4, -0.2) is 0 Å². The molecule has 0 aliphatic heterocycles. The topological polar surface area (TPSA) is 32.8 Å². The lowest BCUT2D eigenvalue weighted by atomic mass is 9.85. The third-order valence-electron chi connectivity index (χ3n) is 17.5. The van der Waals surface area contributed by atoms with Crippen molar-refractivity contribution in [2.45, 2.75) is 27.7 Å². The second-order valence-electron chi connectivity index (χ2n) is 22.5. The van der Waals surface area contributed by atoms with Crippen LogP contribution < -0.4 is 9.80 Å². The first-order chi connectivity index (χ1) is 41.3. The highest BCUT2D eigenvalue weighted by molar-refractivity contribution is 6.32. The summed E-state index contributed by atoms with van der Waals surface area (Å²) in [6.07, 6.45) is 0. The van der Waals surface area contributed by atoms with E-state index in [4.69, 9.17) is 8.83 Å². The summed E-state index contributed by atoms with van der Waals surface area (Å²) in [7, 11) is 0. The van der Waals surface area contributed by atoms with Gasteiger partial charge in [0.1, 0.15) is 22.3 Å². The molecular weight excluding hydrogens is 1020 g/mol. The fourth-order valence-corrected chi connectivity index (χ4v) is 13.7. The second kappa shape index (κ2) is 19.5. The number of rotatable bonds is 10. The first-order valence-corrected chi connectivity index (χ1v) is 29.0. The molecule has 398 valence electrons. The normalized spacial score (nSPS) is 11.8. The van der Waals surface area contributed by atoms with Gasteiger partial charge >= 0.3 is 0 Å². The molecule has 0 saturated carbocycles. The molecule has 0 fully saturated rings. The van der Waals surface area contributed by atoms with Gasteiger partial charge in [0.05, 0.1) is 22.7 Å². The molecule has 16 aromatic rings. The minimum Gasteiger partial charge on any atom is -0.455 e. The lowest BCUT2D eigenvalue weighted by Crippen LogP contribution is -2.14. The molecular formula is C80H56N2O2. The third-order valence-corrected chi connectivity index (χ3v) is 17.5. The summed E-state index contributed by atoms with van der Waals surface area (Å²) in [6.45, 7) is 8.97. The number of nitrogens with zero attached hydrogens (tertiary/aromatic N) is 2. The summed E-state index contributed by atoms with van der Waals surface area (Å²) in [5.74, 6) is 0. The van der Waals surface area contributed by atoms with Gasteiger partial charge < -0.3 is 18.6 Å². The van der Waals surface area contributed by atoms with E-state index in [0.29, 0.717) is 0 Å². The number of para-hydroxylation sites is 6. The monoisotopic (exact) mass is 1080 g/mol. The zero-order chi connectivity index (χ0) is 56.2. The second-order valence-corrected chi connectivity index (χ2v) is 22.5. The molecule has 0 aliphatic rings. The molecule has 14 aromatic carbocycles. The summed E-state index contributed by atoms with van der Waals surface area (Å²) >= 11 is 0. The van der Waals surface area contributed by atoms with Gasteiger partial charge in [-0.3, -0.25) is 0 Å². The molecule has 0 spiro atoms. The van der Waals surface area contributed by atoms with Crippen molar-refractivity contribution in [1.82, 2.24) is 0 Å². The number of benzene rings is 14. The van der Waals surface area contributed by atoms with Crippen molar-refractivity contribution in [3.63, 3.8) is 0 Å². The summed E-state index contributed by atoms with van der Waals surface area (Å²) < 4.78 is 13.2. The molecule has 0 N–H and O–H groups in total. The van der Waals surface area contributed by atoms with E-state index in [2.05, 4.69) is 292 Å². The molecule has 84 heavy (non-hydrogen) atoms. The summed E-state index contributed by atoms with van der Waals surface area (Å²) in [6, 6.07) is 97.5. The number of anilines is 6. The smallest absolute Gasteiger partial charge is 0.143 e. The standard InChI is InChI=1S/C80H56N2O2/c1-49-19-15-20-50(2)77(49)81(57-39-35-55(36-40-57)59-29-17-31-65-61-27-11-13-33-73(61)83-79(59)65)71-47-69(53-23-7-5-8-24-53)63-44-46-68-72(48-70(54-25-9-6-10-26-54)64-43-45-67(71)75(63)76(64)68)82(78-51(3)21-16-22-52(78)4)58-41-37-56(38-42-58)60-30-18-32-66-62-28-12-14-34-74(62)84-80(60)66/h5-48H,1-4H3. The fraction of sp³-hybridized carbons (Fsp3) is 0.0500. The van der Waals surface area contributed by atoms with Crippen molar-refractivity contribution >= 4 is 110 Å². The van der Waals surface area contributed by atoms with Crippen LogP contribution in [0.25, 0.3) is 121 Å². The molecule has 2 heterocycles. The van der Waals surface area contributed by atoms with Crippen LogP contribution in [0.5, 0.6) is 0 Å². The SMILES string of the molecule is Cc1cccc(C)c1N(c1ccc(-c2cccc3c2oc2ccccc23)cc1)c1cc(-c2ccccc2)c2ccc3c(N(c4ccc(-c5cccc6c5oc5ccccc56)cc4)c4c(C)cccc4C)cc(-c4ccccc4)c4ccc1c2c43. The number of fused-ring (bicyclic) bond motifs is 6. The molecule has 0 atom stereocenters. The van der Waals surface area contributed by atoms with Gasteiger partial charge in [0.25, 0.3) is 0 Å². The molecule has 0 unspecified atom stereocenters. The van der Waals surface area contributed by atoms with Gasteiger partial charge in [-0.05, 0) is 143 Å². The van der Waals surface area contributed by atoms with Gasteiger partial charge in [-0.25, -0.2) is 0 Å². The molecule has 16 rings (SSSR count). The van der Waals surface area contributed by atoms with Crippen LogP contribution in [0.4, 0.5) is 34.1 Å². The molecule has 0 bridgehead atoms. The predicted molar refractivity (Wildman–Crippen MR) is 355 cm³/mol. The minimum atomic E-state index is 0.893. The third kappa shape index (κ3) is 7.75. The van der Waals surface area contributed by atoms with Crippen molar-refractivity contribution in [3.05, 3.63) is 289 Å². The Balaban J connectivity index is 0.960. The molecule has 0 amide bonds. The quantitative estimate of drug-likeness (QED) is 0.128. The van der Waals surface area contributed by atoms with Crippen molar-refractivity contribution in [2.24, 2.45) is 0 Å². The largest absolute Gasteiger partial charge is 0.455 e. The van der Waals surface area contributed by atoms with Crippen LogP contribution in [0.1, 0.15) is 22.3 Å². The number of furan rings is 2. The Morgan fingerprint density at radius 1 is 0.250 bits per heavy atom. The highest BCUT2D eigenvalue weighted by Crippen LogP contribution is 2.54. The van der Waals surface area contributed by atoms with Crippen LogP contribution in [0.15, 0.2) is 276 Å². The summed E-state index contributed by atoms with van der Waals surface area (Å²) in [5.41, 5.74) is 24.0. The van der Waals surface area contributed by atoms with Crippen LogP contribution in [0, 0.1) is 27.7 Å². The predicted octanol–water partition coefficient (Wildman–Crippen LogP) is 23.2. The Morgan fingerprint density at radius 3 is 0.988 bits per heavy atom. The Bertz CT molecular complexity index is 4860. The Kier molecular flexibility index (Phi) is 11.4. The Hall–Kier alpha value is -10.7. The van der Waals surface area contributed by atoms with Crippen molar-refractivity contribution in [1.29, 1.82) is 0 Å². The van der Waals surface area contributed by atoms with E-state index < -0.39 is 0 Å². The van der Waals surface area contributed by atoms with Gasteiger partial charge in [0, 0.05) is 65.6 Å². The zero-order valence-electron chi connectivity index (χ0n) is 47.1. The first kappa shape index (κ1) is 49.2. The maximum absolute atomic E-state index is 6.59. The maximum atomic E-state index is 6.59. The Morgan fingerprint density at radius 2 is 0.583 bits per heavy atom. The molecule has 2 aromatic heterocycles. The summed E-state index contributed by atoms with van der Waals surface area (Å²) in [5, 5.41) is 11.7.